The summed E-state index contributed by atoms with van der Waals surface area (Å²) in [6, 6.07) is 7.93. The molecule has 0 radical (unpaired) electrons. The Hall–Kier alpha value is -1.13. The molecule has 0 fully saturated rings. The molecule has 1 N–H and O–H groups in total. The molecule has 1 amide bonds. The number of nitrogens with one attached hydrogen (secondary N) is 1. The molecule has 20 heavy (non-hydrogen) atoms. The zero-order chi connectivity index (χ0) is 14.9. The lowest BCUT2D eigenvalue weighted by atomic mass is 10.1. The summed E-state index contributed by atoms with van der Waals surface area (Å²) in [5.41, 5.74) is 2.90. The van der Waals surface area contributed by atoms with E-state index in [0.717, 1.165) is 15.6 Å². The number of rotatable bonds is 3. The van der Waals surface area contributed by atoms with E-state index in [1.165, 1.54) is 15.3 Å². The Morgan fingerprint density at radius 1 is 1.25 bits per heavy atom. The predicted molar refractivity (Wildman–Crippen MR) is 88.6 cm³/mol. The summed E-state index contributed by atoms with van der Waals surface area (Å²) in [6.07, 6.45) is 0. The predicted octanol–water partition coefficient (Wildman–Crippen LogP) is 4.93. The first kappa shape index (κ1) is 15.3. The molecule has 0 bridgehead atoms. The van der Waals surface area contributed by atoms with Gasteiger partial charge >= 0.3 is 0 Å². The molecule has 2 aromatic rings. The summed E-state index contributed by atoms with van der Waals surface area (Å²) in [5, 5.41) is 3.08. The minimum Gasteiger partial charge on any atom is -0.345 e. The first-order chi connectivity index (χ1) is 9.38. The van der Waals surface area contributed by atoms with E-state index in [-0.39, 0.29) is 11.9 Å². The molecule has 106 valence electrons. The van der Waals surface area contributed by atoms with E-state index in [0.29, 0.717) is 0 Å². The number of amides is 1. The average Bonchev–Trinajstić information content (AvgIpc) is 2.71. The number of aryl methyl sites for hydroxylation is 3. The molecule has 1 aromatic heterocycles. The third-order valence-corrected chi connectivity index (χ3v) is 4.81. The second kappa shape index (κ2) is 6.10. The van der Waals surface area contributed by atoms with Gasteiger partial charge in [-0.15, -0.1) is 11.3 Å². The maximum absolute atomic E-state index is 12.4. The van der Waals surface area contributed by atoms with Crippen LogP contribution in [-0.2, 0) is 0 Å². The lowest BCUT2D eigenvalue weighted by Gasteiger charge is -2.15. The Morgan fingerprint density at radius 2 is 1.95 bits per heavy atom. The van der Waals surface area contributed by atoms with Crippen molar-refractivity contribution in [2.24, 2.45) is 0 Å². The molecule has 0 aliphatic carbocycles. The number of benzene rings is 1. The summed E-state index contributed by atoms with van der Waals surface area (Å²) >= 11 is 5.18. The number of hydrogen-bond donors (Lipinski definition) is 1. The Balaban J connectivity index is 2.19. The fraction of sp³-hybridized carbons (Fsp3) is 0.312. The molecule has 1 heterocycles. The Bertz CT molecular complexity index is 648. The highest BCUT2D eigenvalue weighted by atomic mass is 79.9. The van der Waals surface area contributed by atoms with E-state index in [1.54, 1.807) is 11.3 Å². The van der Waals surface area contributed by atoms with Gasteiger partial charge in [0.1, 0.15) is 0 Å². The van der Waals surface area contributed by atoms with Crippen LogP contribution in [0.4, 0.5) is 0 Å². The number of thiophene rings is 1. The van der Waals surface area contributed by atoms with Gasteiger partial charge in [-0.3, -0.25) is 4.79 Å². The normalized spacial score (nSPS) is 12.2. The molecular formula is C16H18BrNOS. The van der Waals surface area contributed by atoms with Crippen molar-refractivity contribution in [1.29, 1.82) is 0 Å². The van der Waals surface area contributed by atoms with Gasteiger partial charge in [0.2, 0.25) is 0 Å². The molecular weight excluding hydrogens is 334 g/mol. The summed E-state index contributed by atoms with van der Waals surface area (Å²) in [5.74, 6) is -0.0282. The largest absolute Gasteiger partial charge is 0.345 e. The first-order valence-corrected chi connectivity index (χ1v) is 8.13. The third kappa shape index (κ3) is 3.30. The highest BCUT2D eigenvalue weighted by molar-refractivity contribution is 9.10. The van der Waals surface area contributed by atoms with Crippen LogP contribution in [0.15, 0.2) is 28.7 Å². The van der Waals surface area contributed by atoms with Gasteiger partial charge < -0.3 is 5.32 Å². The molecule has 0 spiro atoms. The van der Waals surface area contributed by atoms with Crippen molar-refractivity contribution < 1.29 is 4.79 Å². The lowest BCUT2D eigenvalue weighted by Crippen LogP contribution is -2.27. The van der Waals surface area contributed by atoms with Crippen LogP contribution in [0.5, 0.6) is 0 Å². The Morgan fingerprint density at radius 3 is 2.55 bits per heavy atom. The molecule has 2 nitrogen and oxygen atoms in total. The van der Waals surface area contributed by atoms with Crippen LogP contribution in [0.1, 0.15) is 44.2 Å². The van der Waals surface area contributed by atoms with E-state index >= 15 is 0 Å². The number of halogens is 1. The summed E-state index contributed by atoms with van der Waals surface area (Å²) in [4.78, 5) is 14.9. The number of carbonyl (C=O) groups is 1. The van der Waals surface area contributed by atoms with Gasteiger partial charge in [0.05, 0.1) is 6.04 Å². The van der Waals surface area contributed by atoms with E-state index in [9.17, 15) is 4.79 Å². The lowest BCUT2D eigenvalue weighted by molar-refractivity contribution is 0.0939. The van der Waals surface area contributed by atoms with Crippen LogP contribution in [0.3, 0.4) is 0 Å². The van der Waals surface area contributed by atoms with Gasteiger partial charge in [-0.25, -0.2) is 0 Å². The van der Waals surface area contributed by atoms with E-state index in [2.05, 4.69) is 41.2 Å². The topological polar surface area (TPSA) is 29.1 Å². The molecule has 0 saturated heterocycles. The summed E-state index contributed by atoms with van der Waals surface area (Å²) in [7, 11) is 0. The minimum atomic E-state index is -0.0282. The van der Waals surface area contributed by atoms with Crippen LogP contribution < -0.4 is 5.32 Å². The molecule has 2 rings (SSSR count). The molecule has 1 atom stereocenters. The van der Waals surface area contributed by atoms with Crippen LogP contribution in [0.25, 0.3) is 0 Å². The van der Waals surface area contributed by atoms with Gasteiger partial charge in [-0.05, 0) is 57.0 Å². The zero-order valence-electron chi connectivity index (χ0n) is 12.1. The van der Waals surface area contributed by atoms with Gasteiger partial charge in [0.25, 0.3) is 5.91 Å². The Labute approximate surface area is 132 Å². The van der Waals surface area contributed by atoms with Crippen LogP contribution >= 0.6 is 27.3 Å². The monoisotopic (exact) mass is 351 g/mol. The third-order valence-electron chi connectivity index (χ3n) is 3.34. The van der Waals surface area contributed by atoms with Crippen molar-refractivity contribution in [3.63, 3.8) is 0 Å². The van der Waals surface area contributed by atoms with Crippen LogP contribution in [0.2, 0.25) is 0 Å². The first-order valence-electron chi connectivity index (χ1n) is 6.52. The van der Waals surface area contributed by atoms with Crippen molar-refractivity contribution in [2.45, 2.75) is 33.7 Å². The molecule has 0 saturated carbocycles. The van der Waals surface area contributed by atoms with E-state index in [4.69, 9.17) is 0 Å². The maximum Gasteiger partial charge on any atom is 0.252 e. The van der Waals surface area contributed by atoms with E-state index < -0.39 is 0 Å². The highest BCUT2D eigenvalue weighted by Crippen LogP contribution is 2.26. The SMILES string of the molecule is Cc1cc(C(C)NC(=O)c2cc(Br)ccc2C)c(C)s1. The van der Waals surface area contributed by atoms with Gasteiger partial charge in [0, 0.05) is 19.8 Å². The quantitative estimate of drug-likeness (QED) is 0.834. The van der Waals surface area contributed by atoms with Crippen molar-refractivity contribution in [3.8, 4) is 0 Å². The number of hydrogen-bond acceptors (Lipinski definition) is 2. The fourth-order valence-electron chi connectivity index (χ4n) is 2.27. The average molecular weight is 352 g/mol. The molecule has 0 aliphatic heterocycles. The van der Waals surface area contributed by atoms with E-state index in [1.807, 2.05) is 32.0 Å². The second-order valence-corrected chi connectivity index (χ2v) is 7.40. The van der Waals surface area contributed by atoms with Crippen LogP contribution in [-0.4, -0.2) is 5.91 Å². The number of carbonyl (C=O) groups excluding carboxylic acids is 1. The molecule has 4 heteroatoms. The van der Waals surface area contributed by atoms with Crippen molar-refractivity contribution in [3.05, 3.63) is 55.2 Å². The van der Waals surface area contributed by atoms with Gasteiger partial charge in [0.15, 0.2) is 0 Å². The fourth-order valence-corrected chi connectivity index (χ4v) is 3.65. The Kier molecular flexibility index (Phi) is 4.66. The maximum atomic E-state index is 12.4. The highest BCUT2D eigenvalue weighted by Gasteiger charge is 2.16. The van der Waals surface area contributed by atoms with Crippen LogP contribution in [0, 0.1) is 20.8 Å². The smallest absolute Gasteiger partial charge is 0.252 e. The standard InChI is InChI=1S/C16H18BrNOS/c1-9-5-6-13(17)8-14(9)16(19)18-11(3)15-7-10(2)20-12(15)4/h5-8,11H,1-4H3,(H,18,19). The second-order valence-electron chi connectivity index (χ2n) is 5.02. The summed E-state index contributed by atoms with van der Waals surface area (Å²) in [6.45, 7) is 8.17. The zero-order valence-corrected chi connectivity index (χ0v) is 14.5. The summed E-state index contributed by atoms with van der Waals surface area (Å²) < 4.78 is 0.920. The van der Waals surface area contributed by atoms with Crippen molar-refractivity contribution >= 4 is 33.2 Å². The molecule has 0 aliphatic rings. The molecule has 1 aromatic carbocycles. The molecule has 1 unspecified atom stereocenters. The minimum absolute atomic E-state index is 0.0193. The van der Waals surface area contributed by atoms with Crippen molar-refractivity contribution in [1.82, 2.24) is 5.32 Å². The van der Waals surface area contributed by atoms with Gasteiger partial charge in [-0.1, -0.05) is 22.0 Å². The van der Waals surface area contributed by atoms with Crippen molar-refractivity contribution in [2.75, 3.05) is 0 Å². The van der Waals surface area contributed by atoms with Gasteiger partial charge in [-0.2, -0.15) is 0 Å².